The van der Waals surface area contributed by atoms with E-state index in [0.29, 0.717) is 6.04 Å². The highest BCUT2D eigenvalue weighted by Gasteiger charge is 2.43. The first-order valence-corrected chi connectivity index (χ1v) is 8.63. The molecule has 1 atom stereocenters. The Balaban J connectivity index is 2.31. The van der Waals surface area contributed by atoms with Crippen molar-refractivity contribution in [3.8, 4) is 0 Å². The number of likely N-dealkylation sites (N-methyl/N-ethyl adjacent to an activating group) is 1. The van der Waals surface area contributed by atoms with Crippen LogP contribution in [-0.4, -0.2) is 31.1 Å². The minimum absolute atomic E-state index is 0.281. The van der Waals surface area contributed by atoms with Gasteiger partial charge in [0, 0.05) is 5.54 Å². The average Bonchev–Trinajstić information content (AvgIpc) is 2.99. The third-order valence-electron chi connectivity index (χ3n) is 5.22. The number of hydrogen-bond acceptors (Lipinski definition) is 2. The first-order valence-electron chi connectivity index (χ1n) is 8.63. The standard InChI is InChI=1S/C19H32N2/c1-5-15-20-18(17-11-9-16(6-2)10-12-17)19(21(3)4)13-7-8-14-19/h9-12,18,20H,5-8,13-15H2,1-4H3. The van der Waals surface area contributed by atoms with Gasteiger partial charge in [0.25, 0.3) is 0 Å². The van der Waals surface area contributed by atoms with Gasteiger partial charge < -0.3 is 10.2 Å². The second kappa shape index (κ2) is 7.42. The lowest BCUT2D eigenvalue weighted by atomic mass is 9.82. The molecule has 1 aromatic carbocycles. The van der Waals surface area contributed by atoms with Crippen LogP contribution in [0.5, 0.6) is 0 Å². The first-order chi connectivity index (χ1) is 10.1. The Kier molecular flexibility index (Phi) is 5.83. The van der Waals surface area contributed by atoms with Crippen LogP contribution in [0.3, 0.4) is 0 Å². The Morgan fingerprint density at radius 2 is 1.71 bits per heavy atom. The van der Waals surface area contributed by atoms with E-state index in [1.165, 1.54) is 43.2 Å². The number of nitrogens with one attached hydrogen (secondary N) is 1. The molecule has 2 heteroatoms. The van der Waals surface area contributed by atoms with Gasteiger partial charge in [-0.05, 0) is 57.5 Å². The Labute approximate surface area is 130 Å². The zero-order valence-electron chi connectivity index (χ0n) is 14.3. The van der Waals surface area contributed by atoms with Crippen molar-refractivity contribution in [1.29, 1.82) is 0 Å². The predicted molar refractivity (Wildman–Crippen MR) is 91.7 cm³/mol. The average molecular weight is 288 g/mol. The quantitative estimate of drug-likeness (QED) is 0.810. The molecule has 2 nitrogen and oxygen atoms in total. The fourth-order valence-electron chi connectivity index (χ4n) is 3.83. The molecule has 0 amide bonds. The zero-order chi connectivity index (χ0) is 15.3. The molecule has 1 fully saturated rings. The molecule has 1 aliphatic carbocycles. The van der Waals surface area contributed by atoms with Gasteiger partial charge in [-0.15, -0.1) is 0 Å². The Morgan fingerprint density at radius 1 is 1.10 bits per heavy atom. The van der Waals surface area contributed by atoms with Gasteiger partial charge in [-0.25, -0.2) is 0 Å². The Bertz CT molecular complexity index is 416. The summed E-state index contributed by atoms with van der Waals surface area (Å²) in [5.74, 6) is 0. The van der Waals surface area contributed by atoms with Crippen LogP contribution in [0.25, 0.3) is 0 Å². The second-order valence-electron chi connectivity index (χ2n) is 6.69. The maximum absolute atomic E-state index is 3.85. The van der Waals surface area contributed by atoms with Crippen molar-refractivity contribution in [1.82, 2.24) is 10.2 Å². The summed E-state index contributed by atoms with van der Waals surface area (Å²) in [7, 11) is 4.51. The molecule has 0 aromatic heterocycles. The van der Waals surface area contributed by atoms with Crippen LogP contribution < -0.4 is 5.32 Å². The van der Waals surface area contributed by atoms with E-state index >= 15 is 0 Å². The van der Waals surface area contributed by atoms with E-state index in [1.807, 2.05) is 0 Å². The molecule has 0 bridgehead atoms. The normalized spacial score (nSPS) is 19.1. The topological polar surface area (TPSA) is 15.3 Å². The molecule has 1 aliphatic rings. The number of aryl methyl sites for hydroxylation is 1. The van der Waals surface area contributed by atoms with Crippen LogP contribution in [0, 0.1) is 0 Å². The summed E-state index contributed by atoms with van der Waals surface area (Å²) in [5.41, 5.74) is 3.16. The SMILES string of the molecule is CCCNC(c1ccc(CC)cc1)C1(N(C)C)CCCC1. The molecule has 118 valence electrons. The molecule has 0 spiro atoms. The molecule has 1 aromatic rings. The number of hydrogen-bond donors (Lipinski definition) is 1. The minimum atomic E-state index is 0.281. The maximum atomic E-state index is 3.85. The molecule has 2 rings (SSSR count). The third-order valence-corrected chi connectivity index (χ3v) is 5.22. The molecular formula is C19H32N2. The monoisotopic (exact) mass is 288 g/mol. The predicted octanol–water partition coefficient (Wildman–Crippen LogP) is 4.16. The Morgan fingerprint density at radius 3 is 2.19 bits per heavy atom. The number of benzene rings is 1. The van der Waals surface area contributed by atoms with Crippen molar-refractivity contribution in [2.45, 2.75) is 64.0 Å². The van der Waals surface area contributed by atoms with Crippen LogP contribution in [0.2, 0.25) is 0 Å². The Hall–Kier alpha value is -0.860. The maximum Gasteiger partial charge on any atom is 0.0506 e. The zero-order valence-corrected chi connectivity index (χ0v) is 14.3. The minimum Gasteiger partial charge on any atom is -0.308 e. The summed E-state index contributed by atoms with van der Waals surface area (Å²) < 4.78 is 0. The van der Waals surface area contributed by atoms with Crippen LogP contribution in [0.15, 0.2) is 24.3 Å². The summed E-state index contributed by atoms with van der Waals surface area (Å²) in [6.07, 6.45) is 7.62. The molecule has 0 radical (unpaired) electrons. The molecule has 0 heterocycles. The van der Waals surface area contributed by atoms with Crippen molar-refractivity contribution in [2.75, 3.05) is 20.6 Å². The van der Waals surface area contributed by atoms with Crippen LogP contribution >= 0.6 is 0 Å². The van der Waals surface area contributed by atoms with Crippen molar-refractivity contribution in [3.63, 3.8) is 0 Å². The molecule has 0 saturated heterocycles. The molecular weight excluding hydrogens is 256 g/mol. The van der Waals surface area contributed by atoms with E-state index in [1.54, 1.807) is 0 Å². The van der Waals surface area contributed by atoms with Crippen LogP contribution in [0.4, 0.5) is 0 Å². The summed E-state index contributed by atoms with van der Waals surface area (Å²) in [4.78, 5) is 2.47. The number of nitrogens with zero attached hydrogens (tertiary/aromatic N) is 1. The van der Waals surface area contributed by atoms with Gasteiger partial charge in [-0.2, -0.15) is 0 Å². The highest BCUT2D eigenvalue weighted by atomic mass is 15.2. The molecule has 1 saturated carbocycles. The lowest BCUT2D eigenvalue weighted by Crippen LogP contribution is -2.52. The van der Waals surface area contributed by atoms with Crippen molar-refractivity contribution in [3.05, 3.63) is 35.4 Å². The van der Waals surface area contributed by atoms with Crippen LogP contribution in [0.1, 0.15) is 63.1 Å². The lowest BCUT2D eigenvalue weighted by Gasteiger charge is -2.44. The van der Waals surface area contributed by atoms with Gasteiger partial charge in [0.15, 0.2) is 0 Å². The summed E-state index contributed by atoms with van der Waals surface area (Å²) in [6, 6.07) is 9.73. The molecule has 21 heavy (non-hydrogen) atoms. The van der Waals surface area contributed by atoms with Gasteiger partial charge in [-0.3, -0.25) is 0 Å². The highest BCUT2D eigenvalue weighted by molar-refractivity contribution is 5.28. The van der Waals surface area contributed by atoms with Crippen LogP contribution in [-0.2, 0) is 6.42 Å². The first kappa shape index (κ1) is 16.5. The van der Waals surface area contributed by atoms with E-state index in [2.05, 4.69) is 62.4 Å². The summed E-state index contributed by atoms with van der Waals surface area (Å²) in [6.45, 7) is 5.57. The van der Waals surface area contributed by atoms with E-state index in [0.717, 1.165) is 13.0 Å². The van der Waals surface area contributed by atoms with Gasteiger partial charge >= 0.3 is 0 Å². The second-order valence-corrected chi connectivity index (χ2v) is 6.69. The smallest absolute Gasteiger partial charge is 0.0506 e. The van der Waals surface area contributed by atoms with E-state index in [9.17, 15) is 0 Å². The van der Waals surface area contributed by atoms with Crippen molar-refractivity contribution >= 4 is 0 Å². The summed E-state index contributed by atoms with van der Waals surface area (Å²) in [5, 5.41) is 3.85. The molecule has 1 N–H and O–H groups in total. The fraction of sp³-hybridized carbons (Fsp3) is 0.684. The van der Waals surface area contributed by atoms with E-state index in [4.69, 9.17) is 0 Å². The van der Waals surface area contributed by atoms with E-state index < -0.39 is 0 Å². The highest BCUT2D eigenvalue weighted by Crippen LogP contribution is 2.43. The van der Waals surface area contributed by atoms with Gasteiger partial charge in [0.05, 0.1) is 6.04 Å². The summed E-state index contributed by atoms with van der Waals surface area (Å²) >= 11 is 0. The largest absolute Gasteiger partial charge is 0.308 e. The fourth-order valence-corrected chi connectivity index (χ4v) is 3.83. The van der Waals surface area contributed by atoms with Crippen molar-refractivity contribution in [2.24, 2.45) is 0 Å². The van der Waals surface area contributed by atoms with Gasteiger partial charge in [0.2, 0.25) is 0 Å². The third kappa shape index (κ3) is 3.49. The van der Waals surface area contributed by atoms with Crippen molar-refractivity contribution < 1.29 is 0 Å². The van der Waals surface area contributed by atoms with E-state index in [-0.39, 0.29) is 5.54 Å². The number of rotatable bonds is 7. The van der Waals surface area contributed by atoms with Gasteiger partial charge in [-0.1, -0.05) is 51.0 Å². The molecule has 0 aliphatic heterocycles. The molecule has 1 unspecified atom stereocenters. The lowest BCUT2D eigenvalue weighted by molar-refractivity contribution is 0.104. The van der Waals surface area contributed by atoms with Gasteiger partial charge in [0.1, 0.15) is 0 Å².